The van der Waals surface area contributed by atoms with Crippen LogP contribution in [0.1, 0.15) is 67.7 Å². The number of carboxylic acids is 1. The van der Waals surface area contributed by atoms with Gasteiger partial charge in [0.25, 0.3) is 0 Å². The number of aromatic amines is 1. The van der Waals surface area contributed by atoms with Gasteiger partial charge in [0.2, 0.25) is 41.4 Å². The Kier molecular flexibility index (Phi) is 20.5. The summed E-state index contributed by atoms with van der Waals surface area (Å²) in [4.78, 5) is 117. The van der Waals surface area contributed by atoms with E-state index >= 15 is 0 Å². The summed E-state index contributed by atoms with van der Waals surface area (Å²) in [6.45, 7) is 2.53. The normalized spacial score (nSPS) is 17.3. The number of fused-ring (bicyclic) bond motifs is 1. The minimum Gasteiger partial charge on any atom is -0.480 e. The largest absolute Gasteiger partial charge is 0.480 e. The van der Waals surface area contributed by atoms with Gasteiger partial charge in [-0.2, -0.15) is 0 Å². The molecule has 3 heterocycles. The van der Waals surface area contributed by atoms with E-state index in [0.29, 0.717) is 48.1 Å². The van der Waals surface area contributed by atoms with Crippen molar-refractivity contribution in [3.05, 3.63) is 144 Å². The third-order valence-electron chi connectivity index (χ3n) is 14.0. The van der Waals surface area contributed by atoms with Crippen molar-refractivity contribution in [3.63, 3.8) is 0 Å². The highest BCUT2D eigenvalue weighted by atomic mass is 16.4. The molecule has 13 N–H and O–H groups in total. The van der Waals surface area contributed by atoms with E-state index in [1.54, 1.807) is 91.1 Å². The van der Waals surface area contributed by atoms with E-state index in [1.807, 2.05) is 30.3 Å². The molecular formula is C57H70N12O9. The van der Waals surface area contributed by atoms with Crippen LogP contribution < -0.4 is 48.3 Å². The van der Waals surface area contributed by atoms with Gasteiger partial charge in [-0.25, -0.2) is 4.79 Å². The van der Waals surface area contributed by atoms with E-state index < -0.39 is 89.7 Å². The van der Waals surface area contributed by atoms with Crippen LogP contribution in [0.3, 0.4) is 0 Å². The van der Waals surface area contributed by atoms with Crippen molar-refractivity contribution < 1.29 is 43.5 Å². The third-order valence-corrected chi connectivity index (χ3v) is 14.0. The number of carbonyl (C=O) groups is 8. The van der Waals surface area contributed by atoms with Crippen LogP contribution in [0.2, 0.25) is 0 Å². The molecule has 0 unspecified atom stereocenters. The lowest BCUT2D eigenvalue weighted by Gasteiger charge is -2.29. The Morgan fingerprint density at radius 1 is 0.628 bits per heavy atom. The molecule has 0 bridgehead atoms. The Hall–Kier alpha value is -8.59. The number of aromatic nitrogens is 1. The molecule has 0 radical (unpaired) electrons. The van der Waals surface area contributed by atoms with Crippen LogP contribution >= 0.6 is 0 Å². The van der Waals surface area contributed by atoms with Crippen molar-refractivity contribution in [3.8, 4) is 0 Å². The predicted molar refractivity (Wildman–Crippen MR) is 292 cm³/mol. The number of carboxylic acid groups (broad SMARTS) is 1. The zero-order valence-corrected chi connectivity index (χ0v) is 43.6. The highest BCUT2D eigenvalue weighted by molar-refractivity contribution is 5.98. The van der Waals surface area contributed by atoms with E-state index in [1.165, 1.54) is 11.8 Å². The van der Waals surface area contributed by atoms with Gasteiger partial charge in [-0.05, 0) is 80.3 Å². The molecular weight excluding hydrogens is 997 g/mol. The second kappa shape index (κ2) is 28.0. The molecule has 8 atom stereocenters. The summed E-state index contributed by atoms with van der Waals surface area (Å²) < 4.78 is 0. The molecule has 2 aliphatic heterocycles. The smallest absolute Gasteiger partial charge is 0.326 e. The average molecular weight is 1070 g/mol. The summed E-state index contributed by atoms with van der Waals surface area (Å²) in [7, 11) is 0. The number of H-pyrrole nitrogens is 1. The third kappa shape index (κ3) is 16.2. The molecule has 2 saturated heterocycles. The quantitative estimate of drug-likeness (QED) is 0.0213. The van der Waals surface area contributed by atoms with Gasteiger partial charge in [-0.1, -0.05) is 109 Å². The summed E-state index contributed by atoms with van der Waals surface area (Å²) in [6, 6.07) is 25.2. The molecule has 7 amide bonds. The van der Waals surface area contributed by atoms with Crippen LogP contribution in [0, 0.1) is 5.41 Å². The van der Waals surface area contributed by atoms with Crippen LogP contribution in [-0.2, 0) is 64.0 Å². The van der Waals surface area contributed by atoms with Crippen LogP contribution in [0.25, 0.3) is 10.9 Å². The maximum Gasteiger partial charge on any atom is 0.326 e. The Morgan fingerprint density at radius 2 is 1.14 bits per heavy atom. The lowest BCUT2D eigenvalue weighted by molar-refractivity contribution is -0.149. The van der Waals surface area contributed by atoms with Crippen LogP contribution in [0.5, 0.6) is 0 Å². The number of amides is 7. The standard InChI is InChI=1S/C57H70N12O9/c1-35(49(70)68-47(32-38-20-9-4-10-21-38)55(76)69-29-15-26-48(69)56(77)78)63-52(73)46(33-39-34-62-41-23-12-11-22-40(39)41)67-54(75)45(31-37-18-7-3-8-19-37)66-53(74)44(30-36-16-5-2-6-17-36)65-51(72)43(25-14-28-61-57(58)59)64-50(71)42-24-13-27-60-42/h2-12,16-23,34-35,42-48,60,62H,13-15,24-33H2,1H3,(H,63,73)(H,64,71)(H,65,72)(H,66,74)(H,67,75)(H,68,70)(H,77,78)(H4,58,59,61)/t35-,42-,43-,44-,45-,46-,47-,48+/m0/s1. The van der Waals surface area contributed by atoms with E-state index in [0.717, 1.165) is 17.3 Å². The number of hydrogen-bond acceptors (Lipinski definition) is 10. The van der Waals surface area contributed by atoms with Gasteiger partial charge in [0.1, 0.15) is 42.3 Å². The van der Waals surface area contributed by atoms with E-state index in [-0.39, 0.29) is 63.5 Å². The number of carbonyl (C=O) groups excluding carboxylic acids is 7. The van der Waals surface area contributed by atoms with Crippen LogP contribution in [0.4, 0.5) is 0 Å². The summed E-state index contributed by atoms with van der Waals surface area (Å²) >= 11 is 0. The number of para-hydroxylation sites is 1. The molecule has 5 aromatic rings. The van der Waals surface area contributed by atoms with Crippen molar-refractivity contribution >= 4 is 64.2 Å². The number of benzene rings is 4. The first-order chi connectivity index (χ1) is 37.6. The zero-order chi connectivity index (χ0) is 55.6. The Balaban J connectivity index is 1.13. The highest BCUT2D eigenvalue weighted by Crippen LogP contribution is 2.22. The fourth-order valence-corrected chi connectivity index (χ4v) is 9.86. The molecule has 7 rings (SSSR count). The second-order valence-corrected chi connectivity index (χ2v) is 19.8. The van der Waals surface area contributed by atoms with E-state index in [9.17, 15) is 43.5 Å². The molecule has 1 aromatic heterocycles. The molecule has 0 spiro atoms. The molecule has 412 valence electrons. The van der Waals surface area contributed by atoms with Gasteiger partial charge < -0.3 is 63.3 Å². The number of nitrogens with zero attached hydrogens (tertiary/aromatic N) is 1. The van der Waals surface area contributed by atoms with Gasteiger partial charge in [0.15, 0.2) is 5.96 Å². The first-order valence-electron chi connectivity index (χ1n) is 26.5. The maximum atomic E-state index is 14.9. The van der Waals surface area contributed by atoms with E-state index in [4.69, 9.17) is 11.1 Å². The molecule has 78 heavy (non-hydrogen) atoms. The molecule has 2 fully saturated rings. The first-order valence-corrected chi connectivity index (χ1v) is 26.5. The molecule has 21 nitrogen and oxygen atoms in total. The van der Waals surface area contributed by atoms with Crippen molar-refractivity contribution in [2.24, 2.45) is 5.73 Å². The van der Waals surface area contributed by atoms with E-state index in [2.05, 4.69) is 47.5 Å². The Bertz CT molecular complexity index is 2880. The summed E-state index contributed by atoms with van der Waals surface area (Å²) in [5.41, 5.74) is 8.98. The van der Waals surface area contributed by atoms with Crippen molar-refractivity contribution in [2.45, 2.75) is 119 Å². The molecule has 0 saturated carbocycles. The van der Waals surface area contributed by atoms with Crippen molar-refractivity contribution in [1.29, 1.82) is 5.41 Å². The number of hydrogen-bond donors (Lipinski definition) is 12. The second-order valence-electron chi connectivity index (χ2n) is 19.8. The average Bonchev–Trinajstić information content (AvgIpc) is 4.25. The lowest BCUT2D eigenvalue weighted by atomic mass is 10.00. The van der Waals surface area contributed by atoms with Gasteiger partial charge in [-0.15, -0.1) is 0 Å². The van der Waals surface area contributed by atoms with Crippen molar-refractivity contribution in [2.75, 3.05) is 19.6 Å². The SMILES string of the molecule is C[C@H](NC(=O)[C@H](Cc1c[nH]c2ccccc12)NC(=O)[C@H](Cc1ccccc1)NC(=O)[C@H](Cc1ccccc1)NC(=O)[C@H](CCCNC(=N)N)NC(=O)[C@@H]1CCCN1)C(=O)N[C@@H](Cc1ccccc1)C(=O)N1CCC[C@@H]1C(=O)O. The number of rotatable bonds is 26. The minimum absolute atomic E-state index is 0.00362. The Morgan fingerprint density at radius 3 is 1.69 bits per heavy atom. The number of likely N-dealkylation sites (tertiary alicyclic amines) is 1. The highest BCUT2D eigenvalue weighted by Gasteiger charge is 2.39. The Labute approximate surface area is 452 Å². The van der Waals surface area contributed by atoms with Gasteiger partial charge in [-0.3, -0.25) is 39.0 Å². The predicted octanol–water partition coefficient (Wildman–Crippen LogP) is 1.46. The summed E-state index contributed by atoms with van der Waals surface area (Å²) in [6.07, 6.45) is 4.25. The molecule has 21 heteroatoms. The summed E-state index contributed by atoms with van der Waals surface area (Å²) in [5, 5.41) is 41.0. The molecule has 4 aromatic carbocycles. The first kappa shape index (κ1) is 57.1. The number of aliphatic carboxylic acids is 1. The minimum atomic E-state index is -1.35. The summed E-state index contributed by atoms with van der Waals surface area (Å²) in [5.74, 6) is -5.95. The van der Waals surface area contributed by atoms with Gasteiger partial charge in [0, 0.05) is 55.9 Å². The topological polar surface area (TPSA) is 322 Å². The number of nitrogens with one attached hydrogen (secondary N) is 10. The van der Waals surface area contributed by atoms with Crippen LogP contribution in [0.15, 0.2) is 121 Å². The zero-order valence-electron chi connectivity index (χ0n) is 43.6. The number of nitrogens with two attached hydrogens (primary N) is 1. The molecule has 0 aliphatic carbocycles. The van der Waals surface area contributed by atoms with Crippen LogP contribution in [-0.4, -0.2) is 136 Å². The fourth-order valence-electron chi connectivity index (χ4n) is 9.86. The lowest BCUT2D eigenvalue weighted by Crippen LogP contribution is -2.60. The van der Waals surface area contributed by atoms with Gasteiger partial charge in [0.05, 0.1) is 6.04 Å². The monoisotopic (exact) mass is 1070 g/mol. The maximum absolute atomic E-state index is 14.9. The molecule has 2 aliphatic rings. The number of guanidine groups is 1. The fraction of sp³-hybridized carbons (Fsp3) is 0.386. The van der Waals surface area contributed by atoms with Gasteiger partial charge >= 0.3 is 5.97 Å². The van der Waals surface area contributed by atoms with Crippen molar-refractivity contribution in [1.82, 2.24) is 52.4 Å².